The molecule has 0 bridgehead atoms. The minimum Gasteiger partial charge on any atom is -0.325 e. The molecule has 4 rings (SSSR count). The largest absolute Gasteiger partial charge is 0.325 e. The van der Waals surface area contributed by atoms with E-state index in [0.717, 1.165) is 27.1 Å². The molecule has 30 heavy (non-hydrogen) atoms. The molecule has 4 aromatic rings. The first-order valence-electron chi connectivity index (χ1n) is 9.22. The lowest BCUT2D eigenvalue weighted by Gasteiger charge is -2.11. The fourth-order valence-corrected chi connectivity index (χ4v) is 4.07. The van der Waals surface area contributed by atoms with E-state index < -0.39 is 0 Å². The maximum Gasteiger partial charge on any atom is 0.234 e. The van der Waals surface area contributed by atoms with Gasteiger partial charge in [0.1, 0.15) is 5.03 Å². The number of anilines is 1. The third-order valence-corrected chi connectivity index (χ3v) is 6.21. The van der Waals surface area contributed by atoms with Gasteiger partial charge >= 0.3 is 0 Å². The van der Waals surface area contributed by atoms with Gasteiger partial charge in [0.25, 0.3) is 0 Å². The van der Waals surface area contributed by atoms with E-state index in [0.29, 0.717) is 21.6 Å². The highest BCUT2D eigenvalue weighted by atomic mass is 35.5. The molecule has 7 heteroatoms. The smallest absolute Gasteiger partial charge is 0.234 e. The van der Waals surface area contributed by atoms with Crippen LogP contribution in [0.3, 0.4) is 0 Å². The Bertz CT molecular complexity index is 1230. The Kier molecular flexibility index (Phi) is 6.23. The van der Waals surface area contributed by atoms with E-state index in [9.17, 15) is 4.79 Å². The van der Waals surface area contributed by atoms with Crippen molar-refractivity contribution in [3.8, 4) is 11.4 Å². The second kappa shape index (κ2) is 9.04. The van der Waals surface area contributed by atoms with E-state index >= 15 is 0 Å². The second-order valence-corrected chi connectivity index (χ2v) is 8.43. The number of carbonyl (C=O) groups excluding carboxylic acids is 1. The van der Waals surface area contributed by atoms with Gasteiger partial charge in [-0.25, -0.2) is 9.97 Å². The summed E-state index contributed by atoms with van der Waals surface area (Å²) in [5, 5.41) is 5.86. The molecule has 0 aliphatic carbocycles. The Labute approximate surface area is 188 Å². The Morgan fingerprint density at radius 1 is 0.967 bits per heavy atom. The summed E-state index contributed by atoms with van der Waals surface area (Å²) in [6.07, 6.45) is 0. The van der Waals surface area contributed by atoms with Crippen molar-refractivity contribution in [2.45, 2.75) is 11.9 Å². The predicted octanol–water partition coefficient (Wildman–Crippen LogP) is 6.64. The molecule has 3 aromatic carbocycles. The van der Waals surface area contributed by atoms with Crippen molar-refractivity contribution in [3.05, 3.63) is 82.3 Å². The van der Waals surface area contributed by atoms with Gasteiger partial charge in [-0.05, 0) is 55.0 Å². The molecular formula is C23H17Cl2N3OS. The molecule has 0 aliphatic rings. The van der Waals surface area contributed by atoms with Crippen molar-refractivity contribution in [3.63, 3.8) is 0 Å². The van der Waals surface area contributed by atoms with E-state index in [4.69, 9.17) is 28.2 Å². The normalized spacial score (nSPS) is 10.9. The van der Waals surface area contributed by atoms with Gasteiger partial charge < -0.3 is 5.32 Å². The number of amides is 1. The molecule has 1 aromatic heterocycles. The van der Waals surface area contributed by atoms with Gasteiger partial charge in [-0.15, -0.1) is 0 Å². The number of hydrogen-bond acceptors (Lipinski definition) is 4. The Balaban J connectivity index is 1.59. The fraction of sp³-hybridized carbons (Fsp3) is 0.0870. The summed E-state index contributed by atoms with van der Waals surface area (Å²) in [5.74, 6) is 0.688. The lowest BCUT2D eigenvalue weighted by atomic mass is 10.2. The van der Waals surface area contributed by atoms with Gasteiger partial charge in [-0.2, -0.15) is 0 Å². The molecule has 0 aliphatic heterocycles. The first-order valence-corrected chi connectivity index (χ1v) is 11.0. The van der Waals surface area contributed by atoms with Crippen LogP contribution in [0.4, 0.5) is 5.69 Å². The summed E-state index contributed by atoms with van der Waals surface area (Å²) in [7, 11) is 0. The Morgan fingerprint density at radius 2 is 1.73 bits per heavy atom. The number of hydrogen-bond donors (Lipinski definition) is 1. The van der Waals surface area contributed by atoms with Crippen molar-refractivity contribution in [2.75, 3.05) is 11.1 Å². The number of nitrogens with one attached hydrogen (secondary N) is 1. The molecular weight excluding hydrogens is 437 g/mol. The molecule has 4 nitrogen and oxygen atoms in total. The number of carbonyl (C=O) groups is 1. The summed E-state index contributed by atoms with van der Waals surface area (Å²) < 4.78 is 0. The monoisotopic (exact) mass is 453 g/mol. The third kappa shape index (κ3) is 4.59. The van der Waals surface area contributed by atoms with Crippen LogP contribution in [0.25, 0.3) is 22.3 Å². The average molecular weight is 454 g/mol. The minimum atomic E-state index is -0.124. The van der Waals surface area contributed by atoms with Crippen LogP contribution in [0.2, 0.25) is 10.0 Å². The standard InChI is InChI=1S/C23H17Cl2N3OS/c1-14-18(25)6-4-8-19(14)26-21(29)13-30-23-17-5-2-3-7-20(17)27-22(28-23)15-9-11-16(24)12-10-15/h2-12H,13H2,1H3,(H,26,29). The number of para-hydroxylation sites is 1. The van der Waals surface area contributed by atoms with Crippen LogP contribution in [-0.2, 0) is 4.79 Å². The molecule has 0 fully saturated rings. The topological polar surface area (TPSA) is 54.9 Å². The Morgan fingerprint density at radius 3 is 2.53 bits per heavy atom. The number of nitrogens with zero attached hydrogens (tertiary/aromatic N) is 2. The van der Waals surface area contributed by atoms with Crippen molar-refractivity contribution >= 4 is 57.5 Å². The van der Waals surface area contributed by atoms with Crippen molar-refractivity contribution in [2.24, 2.45) is 0 Å². The quantitative estimate of drug-likeness (QED) is 0.271. The van der Waals surface area contributed by atoms with Crippen molar-refractivity contribution in [1.29, 1.82) is 0 Å². The zero-order valence-corrected chi connectivity index (χ0v) is 18.4. The molecule has 0 saturated carbocycles. The van der Waals surface area contributed by atoms with Gasteiger partial charge in [0.2, 0.25) is 5.91 Å². The molecule has 0 atom stereocenters. The predicted molar refractivity (Wildman–Crippen MR) is 126 cm³/mol. The molecule has 0 saturated heterocycles. The van der Waals surface area contributed by atoms with Crippen LogP contribution in [0.5, 0.6) is 0 Å². The number of benzene rings is 3. The van der Waals surface area contributed by atoms with Crippen LogP contribution in [-0.4, -0.2) is 21.6 Å². The summed E-state index contributed by atoms with van der Waals surface area (Å²) in [6.45, 7) is 1.88. The first-order chi connectivity index (χ1) is 14.5. The van der Waals surface area contributed by atoms with Crippen molar-refractivity contribution in [1.82, 2.24) is 9.97 Å². The minimum absolute atomic E-state index is 0.124. The highest BCUT2D eigenvalue weighted by Crippen LogP contribution is 2.29. The average Bonchev–Trinajstić information content (AvgIpc) is 2.75. The lowest BCUT2D eigenvalue weighted by Crippen LogP contribution is -2.15. The maximum absolute atomic E-state index is 12.5. The highest BCUT2D eigenvalue weighted by Gasteiger charge is 2.13. The lowest BCUT2D eigenvalue weighted by molar-refractivity contribution is -0.113. The van der Waals surface area contributed by atoms with Crippen LogP contribution in [0.15, 0.2) is 71.8 Å². The molecule has 150 valence electrons. The van der Waals surface area contributed by atoms with Gasteiger partial charge in [-0.3, -0.25) is 4.79 Å². The zero-order chi connectivity index (χ0) is 21.1. The van der Waals surface area contributed by atoms with E-state index in [1.165, 1.54) is 11.8 Å². The molecule has 1 amide bonds. The van der Waals surface area contributed by atoms with Crippen LogP contribution < -0.4 is 5.32 Å². The van der Waals surface area contributed by atoms with E-state index in [1.54, 1.807) is 6.07 Å². The number of rotatable bonds is 5. The number of halogens is 2. The Hall–Kier alpha value is -2.60. The van der Waals surface area contributed by atoms with Gasteiger partial charge in [0.05, 0.1) is 11.3 Å². The van der Waals surface area contributed by atoms with E-state index in [-0.39, 0.29) is 11.7 Å². The summed E-state index contributed by atoms with van der Waals surface area (Å²) in [5.41, 5.74) is 3.24. The summed E-state index contributed by atoms with van der Waals surface area (Å²) in [6, 6.07) is 20.6. The summed E-state index contributed by atoms with van der Waals surface area (Å²) >= 11 is 13.5. The number of thioether (sulfide) groups is 1. The third-order valence-electron chi connectivity index (χ3n) is 4.55. The highest BCUT2D eigenvalue weighted by molar-refractivity contribution is 8.00. The fourth-order valence-electron chi connectivity index (χ4n) is 2.95. The molecule has 1 N–H and O–H groups in total. The maximum atomic E-state index is 12.5. The zero-order valence-electron chi connectivity index (χ0n) is 16.0. The first kappa shape index (κ1) is 20.7. The SMILES string of the molecule is Cc1c(Cl)cccc1NC(=O)CSc1nc(-c2ccc(Cl)cc2)nc2ccccc12. The van der Waals surface area contributed by atoms with Crippen LogP contribution >= 0.6 is 35.0 Å². The number of fused-ring (bicyclic) bond motifs is 1. The van der Waals surface area contributed by atoms with Crippen LogP contribution in [0, 0.1) is 6.92 Å². The molecule has 1 heterocycles. The number of aromatic nitrogens is 2. The van der Waals surface area contributed by atoms with E-state index in [2.05, 4.69) is 10.3 Å². The van der Waals surface area contributed by atoms with Crippen molar-refractivity contribution < 1.29 is 4.79 Å². The second-order valence-electron chi connectivity index (χ2n) is 6.63. The van der Waals surface area contributed by atoms with Gasteiger partial charge in [-0.1, -0.05) is 59.2 Å². The van der Waals surface area contributed by atoms with Crippen LogP contribution in [0.1, 0.15) is 5.56 Å². The van der Waals surface area contributed by atoms with Gasteiger partial charge in [0.15, 0.2) is 5.82 Å². The molecule has 0 spiro atoms. The van der Waals surface area contributed by atoms with E-state index in [1.807, 2.05) is 67.6 Å². The summed E-state index contributed by atoms with van der Waals surface area (Å²) in [4.78, 5) is 21.9. The molecule has 0 radical (unpaired) electrons. The van der Waals surface area contributed by atoms with Gasteiger partial charge in [0, 0.05) is 26.7 Å². The molecule has 0 unspecified atom stereocenters.